The second-order valence-electron chi connectivity index (χ2n) is 5.30. The number of nitrogens with two attached hydrogens (primary N) is 1. The fourth-order valence-corrected chi connectivity index (χ4v) is 2.32. The molecule has 108 valence electrons. The van der Waals surface area contributed by atoms with E-state index in [9.17, 15) is 8.78 Å². The van der Waals surface area contributed by atoms with Gasteiger partial charge in [-0.15, -0.1) is 0 Å². The molecule has 0 amide bonds. The molecule has 0 aromatic heterocycles. The number of hydrogen-bond donors (Lipinski definition) is 1. The minimum absolute atomic E-state index is 0.00706. The SMILES string of the molecule is CCCCCCCCC(N)Cc1cc(F)cc(F)c1. The van der Waals surface area contributed by atoms with Gasteiger partial charge in [0.1, 0.15) is 11.6 Å². The normalized spacial score (nSPS) is 12.6. The zero-order valence-electron chi connectivity index (χ0n) is 11.8. The zero-order chi connectivity index (χ0) is 14.1. The second kappa shape index (κ2) is 9.03. The first-order chi connectivity index (χ1) is 9.11. The van der Waals surface area contributed by atoms with Gasteiger partial charge in [0.2, 0.25) is 0 Å². The van der Waals surface area contributed by atoms with Crippen LogP contribution in [0.3, 0.4) is 0 Å². The van der Waals surface area contributed by atoms with E-state index in [1.807, 2.05) is 0 Å². The first kappa shape index (κ1) is 16.1. The molecule has 1 aromatic rings. The topological polar surface area (TPSA) is 26.0 Å². The second-order valence-corrected chi connectivity index (χ2v) is 5.30. The molecule has 1 rings (SSSR count). The standard InChI is InChI=1S/C16H25F2N/c1-2-3-4-5-6-7-8-16(19)11-13-9-14(17)12-15(18)10-13/h9-10,12,16H,2-8,11,19H2,1H3. The maximum atomic E-state index is 13.0. The summed E-state index contributed by atoms with van der Waals surface area (Å²) in [4.78, 5) is 0. The summed E-state index contributed by atoms with van der Waals surface area (Å²) in [5, 5.41) is 0. The van der Waals surface area contributed by atoms with Crippen molar-refractivity contribution >= 4 is 0 Å². The van der Waals surface area contributed by atoms with E-state index in [-0.39, 0.29) is 6.04 Å². The number of halogens is 2. The molecule has 0 aliphatic rings. The Hall–Kier alpha value is -0.960. The van der Waals surface area contributed by atoms with E-state index in [2.05, 4.69) is 6.92 Å². The molecule has 1 nitrogen and oxygen atoms in total. The van der Waals surface area contributed by atoms with Crippen molar-refractivity contribution in [1.29, 1.82) is 0 Å². The van der Waals surface area contributed by atoms with Crippen LogP contribution in [0.2, 0.25) is 0 Å². The average molecular weight is 269 g/mol. The number of unbranched alkanes of at least 4 members (excludes halogenated alkanes) is 5. The largest absolute Gasteiger partial charge is 0.327 e. The van der Waals surface area contributed by atoms with Gasteiger partial charge in [0, 0.05) is 12.1 Å². The van der Waals surface area contributed by atoms with Crippen molar-refractivity contribution in [2.75, 3.05) is 0 Å². The molecule has 0 aliphatic heterocycles. The van der Waals surface area contributed by atoms with Crippen LogP contribution in [0.5, 0.6) is 0 Å². The van der Waals surface area contributed by atoms with Crippen molar-refractivity contribution in [3.05, 3.63) is 35.4 Å². The van der Waals surface area contributed by atoms with Crippen LogP contribution in [0.15, 0.2) is 18.2 Å². The van der Waals surface area contributed by atoms with Crippen LogP contribution >= 0.6 is 0 Å². The van der Waals surface area contributed by atoms with Crippen LogP contribution in [0.1, 0.15) is 57.4 Å². The highest BCUT2D eigenvalue weighted by atomic mass is 19.1. The van der Waals surface area contributed by atoms with Crippen molar-refractivity contribution in [2.24, 2.45) is 5.73 Å². The molecule has 0 aliphatic carbocycles. The molecule has 3 heteroatoms. The van der Waals surface area contributed by atoms with E-state index in [4.69, 9.17) is 5.73 Å². The Morgan fingerprint density at radius 1 is 0.947 bits per heavy atom. The van der Waals surface area contributed by atoms with E-state index in [0.29, 0.717) is 12.0 Å². The molecule has 1 atom stereocenters. The predicted octanol–water partition coefficient (Wildman–Crippen LogP) is 4.59. The van der Waals surface area contributed by atoms with Gasteiger partial charge in [0.05, 0.1) is 0 Å². The van der Waals surface area contributed by atoms with Gasteiger partial charge < -0.3 is 5.73 Å². The van der Waals surface area contributed by atoms with Crippen LogP contribution in [-0.2, 0) is 6.42 Å². The highest BCUT2D eigenvalue weighted by Crippen LogP contribution is 2.13. The van der Waals surface area contributed by atoms with Crippen LogP contribution in [-0.4, -0.2) is 6.04 Å². The molecule has 0 saturated carbocycles. The lowest BCUT2D eigenvalue weighted by Crippen LogP contribution is -2.22. The Kier molecular flexibility index (Phi) is 7.65. The number of benzene rings is 1. The minimum Gasteiger partial charge on any atom is -0.327 e. The molecule has 0 saturated heterocycles. The fraction of sp³-hybridized carbons (Fsp3) is 0.625. The Bertz CT molecular complexity index is 346. The summed E-state index contributed by atoms with van der Waals surface area (Å²) in [6.45, 7) is 2.20. The van der Waals surface area contributed by atoms with Crippen molar-refractivity contribution in [3.8, 4) is 0 Å². The van der Waals surface area contributed by atoms with Crippen molar-refractivity contribution in [3.63, 3.8) is 0 Å². The third kappa shape index (κ3) is 7.26. The van der Waals surface area contributed by atoms with Crippen LogP contribution < -0.4 is 5.73 Å². The minimum atomic E-state index is -0.526. The van der Waals surface area contributed by atoms with E-state index in [1.165, 1.54) is 44.2 Å². The summed E-state index contributed by atoms with van der Waals surface area (Å²) in [7, 11) is 0. The summed E-state index contributed by atoms with van der Waals surface area (Å²) < 4.78 is 26.0. The zero-order valence-corrected chi connectivity index (χ0v) is 11.8. The molecule has 2 N–H and O–H groups in total. The van der Waals surface area contributed by atoms with Gasteiger partial charge in [-0.1, -0.05) is 45.4 Å². The lowest BCUT2D eigenvalue weighted by Gasteiger charge is -2.11. The van der Waals surface area contributed by atoms with Crippen LogP contribution in [0.25, 0.3) is 0 Å². The van der Waals surface area contributed by atoms with Gasteiger partial charge in [-0.05, 0) is 30.5 Å². The lowest BCUT2D eigenvalue weighted by atomic mass is 10.0. The molecule has 0 spiro atoms. The van der Waals surface area contributed by atoms with Gasteiger partial charge in [0.15, 0.2) is 0 Å². The average Bonchev–Trinajstić information content (AvgIpc) is 2.32. The summed E-state index contributed by atoms with van der Waals surface area (Å²) in [5.41, 5.74) is 6.65. The molecular formula is C16H25F2N. The molecule has 0 fully saturated rings. The summed E-state index contributed by atoms with van der Waals surface area (Å²) in [6.07, 6.45) is 8.87. The first-order valence-corrected chi connectivity index (χ1v) is 7.32. The Morgan fingerprint density at radius 3 is 2.16 bits per heavy atom. The van der Waals surface area contributed by atoms with Crippen molar-refractivity contribution in [2.45, 2.75) is 64.3 Å². The first-order valence-electron chi connectivity index (χ1n) is 7.32. The van der Waals surface area contributed by atoms with Crippen LogP contribution in [0.4, 0.5) is 8.78 Å². The smallest absolute Gasteiger partial charge is 0.126 e. The molecular weight excluding hydrogens is 244 g/mol. The van der Waals surface area contributed by atoms with E-state index >= 15 is 0 Å². The highest BCUT2D eigenvalue weighted by molar-refractivity contribution is 5.18. The summed E-state index contributed by atoms with van der Waals surface area (Å²) in [5.74, 6) is -1.05. The van der Waals surface area contributed by atoms with Crippen molar-refractivity contribution < 1.29 is 8.78 Å². The van der Waals surface area contributed by atoms with Crippen molar-refractivity contribution in [1.82, 2.24) is 0 Å². The molecule has 0 radical (unpaired) electrons. The molecule has 19 heavy (non-hydrogen) atoms. The molecule has 0 bridgehead atoms. The van der Waals surface area contributed by atoms with Crippen LogP contribution in [0, 0.1) is 11.6 Å². The third-order valence-corrected chi connectivity index (χ3v) is 3.35. The summed E-state index contributed by atoms with van der Waals surface area (Å²) >= 11 is 0. The molecule has 0 heterocycles. The van der Waals surface area contributed by atoms with E-state index in [1.54, 1.807) is 0 Å². The maximum absolute atomic E-state index is 13.0. The molecule has 1 unspecified atom stereocenters. The third-order valence-electron chi connectivity index (χ3n) is 3.35. The van der Waals surface area contributed by atoms with Gasteiger partial charge in [-0.25, -0.2) is 8.78 Å². The molecule has 1 aromatic carbocycles. The Balaban J connectivity index is 2.21. The van der Waals surface area contributed by atoms with Gasteiger partial charge in [-0.3, -0.25) is 0 Å². The summed E-state index contributed by atoms with van der Waals surface area (Å²) in [6, 6.07) is 3.62. The van der Waals surface area contributed by atoms with E-state index in [0.717, 1.165) is 18.9 Å². The van der Waals surface area contributed by atoms with Gasteiger partial charge >= 0.3 is 0 Å². The number of hydrogen-bond acceptors (Lipinski definition) is 1. The fourth-order valence-electron chi connectivity index (χ4n) is 2.32. The van der Waals surface area contributed by atoms with Gasteiger partial charge in [0.25, 0.3) is 0 Å². The number of rotatable bonds is 9. The Morgan fingerprint density at radius 2 is 1.53 bits per heavy atom. The van der Waals surface area contributed by atoms with Gasteiger partial charge in [-0.2, -0.15) is 0 Å². The monoisotopic (exact) mass is 269 g/mol. The maximum Gasteiger partial charge on any atom is 0.126 e. The Labute approximate surface area is 115 Å². The predicted molar refractivity (Wildman–Crippen MR) is 76.0 cm³/mol. The lowest BCUT2D eigenvalue weighted by molar-refractivity contribution is 0.528. The van der Waals surface area contributed by atoms with E-state index < -0.39 is 11.6 Å². The highest BCUT2D eigenvalue weighted by Gasteiger charge is 2.06. The quantitative estimate of drug-likeness (QED) is 0.652.